The third-order valence-corrected chi connectivity index (χ3v) is 3.98. The summed E-state index contributed by atoms with van der Waals surface area (Å²) in [6, 6.07) is 8.58. The van der Waals surface area contributed by atoms with Crippen molar-refractivity contribution in [2.75, 3.05) is 14.2 Å². The molecule has 2 N–H and O–H groups in total. The molecule has 2 heterocycles. The van der Waals surface area contributed by atoms with E-state index in [-0.39, 0.29) is 28.4 Å². The molecule has 7 nitrogen and oxygen atoms in total. The summed E-state index contributed by atoms with van der Waals surface area (Å²) in [7, 11) is 2.99. The molecule has 0 amide bonds. The van der Waals surface area contributed by atoms with Crippen LogP contribution in [0.25, 0.3) is 0 Å². The van der Waals surface area contributed by atoms with Crippen molar-refractivity contribution in [1.82, 2.24) is 0 Å². The van der Waals surface area contributed by atoms with Gasteiger partial charge in [0.2, 0.25) is 5.88 Å². The summed E-state index contributed by atoms with van der Waals surface area (Å²) in [6.07, 6.45) is 0. The molecule has 2 aromatic rings. The predicted octanol–water partition coefficient (Wildman–Crippen LogP) is 2.18. The van der Waals surface area contributed by atoms with Gasteiger partial charge in [-0.2, -0.15) is 5.26 Å². The molecule has 0 spiro atoms. The van der Waals surface area contributed by atoms with Gasteiger partial charge in [0.15, 0.2) is 16.9 Å². The Balaban J connectivity index is 2.36. The zero-order valence-electron chi connectivity index (χ0n) is 14.0. The quantitative estimate of drug-likeness (QED) is 0.912. The van der Waals surface area contributed by atoms with Crippen molar-refractivity contribution < 1.29 is 18.6 Å². The monoisotopic (exact) mass is 340 g/mol. The van der Waals surface area contributed by atoms with Crippen LogP contribution >= 0.6 is 0 Å². The molecule has 0 saturated carbocycles. The van der Waals surface area contributed by atoms with Crippen molar-refractivity contribution >= 4 is 0 Å². The Morgan fingerprint density at radius 1 is 1.28 bits per heavy atom. The fourth-order valence-corrected chi connectivity index (χ4v) is 2.94. The molecular formula is C18H16N2O5. The number of hydrogen-bond acceptors (Lipinski definition) is 7. The maximum atomic E-state index is 12.6. The second kappa shape index (κ2) is 6.24. The van der Waals surface area contributed by atoms with Gasteiger partial charge in [0.1, 0.15) is 17.4 Å². The van der Waals surface area contributed by atoms with Gasteiger partial charge in [-0.1, -0.05) is 12.1 Å². The number of aryl methyl sites for hydroxylation is 1. The van der Waals surface area contributed by atoms with E-state index in [2.05, 4.69) is 0 Å². The Bertz CT molecular complexity index is 968. The number of para-hydroxylation sites is 1. The van der Waals surface area contributed by atoms with Crippen molar-refractivity contribution in [2.45, 2.75) is 12.8 Å². The van der Waals surface area contributed by atoms with Crippen LogP contribution in [0.5, 0.6) is 17.4 Å². The molecule has 1 aliphatic rings. The van der Waals surface area contributed by atoms with Crippen molar-refractivity contribution in [3.63, 3.8) is 0 Å². The van der Waals surface area contributed by atoms with Gasteiger partial charge in [0.05, 0.1) is 25.7 Å². The van der Waals surface area contributed by atoms with Gasteiger partial charge < -0.3 is 24.4 Å². The minimum absolute atomic E-state index is 0.0172. The third kappa shape index (κ3) is 2.58. The smallest absolute Gasteiger partial charge is 0.299 e. The van der Waals surface area contributed by atoms with E-state index in [4.69, 9.17) is 24.4 Å². The normalized spacial score (nSPS) is 15.8. The van der Waals surface area contributed by atoms with Gasteiger partial charge in [-0.3, -0.25) is 4.79 Å². The second-order valence-electron chi connectivity index (χ2n) is 5.43. The molecule has 0 saturated heterocycles. The van der Waals surface area contributed by atoms with Gasteiger partial charge in [-0.05, 0) is 13.0 Å². The number of benzene rings is 1. The van der Waals surface area contributed by atoms with E-state index >= 15 is 0 Å². The molecule has 0 bridgehead atoms. The summed E-state index contributed by atoms with van der Waals surface area (Å²) in [5, 5.41) is 9.58. The minimum Gasteiger partial charge on any atom is -0.493 e. The van der Waals surface area contributed by atoms with Gasteiger partial charge in [-0.25, -0.2) is 0 Å². The van der Waals surface area contributed by atoms with Crippen LogP contribution in [0.4, 0.5) is 0 Å². The van der Waals surface area contributed by atoms with Crippen molar-refractivity contribution in [3.8, 4) is 23.5 Å². The first kappa shape index (κ1) is 16.5. The van der Waals surface area contributed by atoms with Gasteiger partial charge in [-0.15, -0.1) is 0 Å². The van der Waals surface area contributed by atoms with E-state index in [0.29, 0.717) is 22.8 Å². The molecule has 1 aromatic carbocycles. The van der Waals surface area contributed by atoms with Crippen LogP contribution in [0.2, 0.25) is 0 Å². The summed E-state index contributed by atoms with van der Waals surface area (Å²) < 4.78 is 21.7. The summed E-state index contributed by atoms with van der Waals surface area (Å²) in [5.74, 6) is 0.350. The lowest BCUT2D eigenvalue weighted by molar-refractivity contribution is 0.274. The molecule has 1 aliphatic heterocycles. The highest BCUT2D eigenvalue weighted by atomic mass is 16.6. The summed E-state index contributed by atoms with van der Waals surface area (Å²) >= 11 is 0. The first-order chi connectivity index (χ1) is 12.0. The first-order valence-corrected chi connectivity index (χ1v) is 7.45. The number of rotatable bonds is 3. The molecule has 128 valence electrons. The van der Waals surface area contributed by atoms with Crippen LogP contribution in [-0.2, 0) is 0 Å². The Morgan fingerprint density at radius 3 is 2.68 bits per heavy atom. The van der Waals surface area contributed by atoms with E-state index in [9.17, 15) is 10.1 Å². The van der Waals surface area contributed by atoms with Crippen molar-refractivity contribution in [1.29, 1.82) is 5.26 Å². The maximum Gasteiger partial charge on any atom is 0.299 e. The highest BCUT2D eigenvalue weighted by Gasteiger charge is 2.37. The van der Waals surface area contributed by atoms with Crippen LogP contribution in [0.3, 0.4) is 0 Å². The molecule has 1 aromatic heterocycles. The topological polar surface area (TPSA) is 108 Å². The summed E-state index contributed by atoms with van der Waals surface area (Å²) in [6.45, 7) is 1.63. The van der Waals surface area contributed by atoms with E-state index in [1.54, 1.807) is 25.1 Å². The Hall–Kier alpha value is -3.40. The molecule has 25 heavy (non-hydrogen) atoms. The van der Waals surface area contributed by atoms with E-state index in [1.807, 2.05) is 6.07 Å². The van der Waals surface area contributed by atoms with Gasteiger partial charge >= 0.3 is 0 Å². The molecule has 0 unspecified atom stereocenters. The number of fused-ring (bicyclic) bond motifs is 1. The molecule has 0 radical (unpaired) electrons. The number of ether oxygens (including phenoxy) is 3. The molecule has 3 rings (SSSR count). The van der Waals surface area contributed by atoms with Crippen LogP contribution in [0, 0.1) is 18.3 Å². The third-order valence-electron chi connectivity index (χ3n) is 3.98. The summed E-state index contributed by atoms with van der Waals surface area (Å²) in [4.78, 5) is 12.6. The maximum absolute atomic E-state index is 12.6. The zero-order valence-corrected chi connectivity index (χ0v) is 14.0. The predicted molar refractivity (Wildman–Crippen MR) is 88.6 cm³/mol. The molecular weight excluding hydrogens is 324 g/mol. The lowest BCUT2D eigenvalue weighted by Gasteiger charge is -2.26. The lowest BCUT2D eigenvalue weighted by Crippen LogP contribution is -2.26. The van der Waals surface area contributed by atoms with Crippen LogP contribution in [-0.4, -0.2) is 14.2 Å². The Labute approximate surface area is 143 Å². The van der Waals surface area contributed by atoms with E-state index in [1.165, 1.54) is 20.3 Å². The number of hydrogen-bond donors (Lipinski definition) is 1. The average Bonchev–Trinajstić information content (AvgIpc) is 2.59. The number of nitrogens with zero attached hydrogens (tertiary/aromatic N) is 1. The first-order valence-electron chi connectivity index (χ1n) is 7.45. The number of methoxy groups -OCH3 is 2. The highest BCUT2D eigenvalue weighted by Crippen LogP contribution is 2.45. The van der Waals surface area contributed by atoms with Crippen molar-refractivity contribution in [2.24, 2.45) is 5.73 Å². The summed E-state index contributed by atoms with van der Waals surface area (Å²) in [5.41, 5.74) is 6.45. The van der Waals surface area contributed by atoms with Crippen LogP contribution < -0.4 is 25.4 Å². The standard InChI is InChI=1S/C18H16N2O5/c1-9-7-12(21)15-14(11(8-19)17(20)25-18(15)24-9)10-5-4-6-13(22-2)16(10)23-3/h4-7,14H,20H2,1-3H3/t14-/m1/s1. The van der Waals surface area contributed by atoms with E-state index < -0.39 is 5.92 Å². The molecule has 0 fully saturated rings. The average molecular weight is 340 g/mol. The van der Waals surface area contributed by atoms with Crippen molar-refractivity contribution in [3.05, 3.63) is 62.8 Å². The SMILES string of the molecule is COc1cccc([C@@H]2C(C#N)=C(N)Oc3oc(C)cc(=O)c32)c1OC. The number of allylic oxidation sites excluding steroid dienone is 1. The molecule has 7 heteroatoms. The van der Waals surface area contributed by atoms with Gasteiger partial charge in [0, 0.05) is 11.6 Å². The van der Waals surface area contributed by atoms with Crippen LogP contribution in [0.15, 0.2) is 44.9 Å². The Kier molecular flexibility index (Phi) is 4.11. The van der Waals surface area contributed by atoms with E-state index in [0.717, 1.165) is 0 Å². The molecule has 1 atom stereocenters. The number of nitrogens with two attached hydrogens (primary N) is 1. The second-order valence-corrected chi connectivity index (χ2v) is 5.43. The molecule has 0 aliphatic carbocycles. The lowest BCUT2D eigenvalue weighted by atomic mass is 9.84. The fourth-order valence-electron chi connectivity index (χ4n) is 2.94. The number of nitriles is 1. The zero-order chi connectivity index (χ0) is 18.1. The van der Waals surface area contributed by atoms with Gasteiger partial charge in [0.25, 0.3) is 5.95 Å². The minimum atomic E-state index is -0.782. The van der Waals surface area contributed by atoms with Crippen LogP contribution in [0.1, 0.15) is 22.8 Å². The largest absolute Gasteiger partial charge is 0.493 e. The fraction of sp³-hybridized carbons (Fsp3) is 0.222. The highest BCUT2D eigenvalue weighted by molar-refractivity contribution is 5.59. The Morgan fingerprint density at radius 2 is 2.04 bits per heavy atom.